The maximum Gasteiger partial charge on any atom is -0.0133 e. The van der Waals surface area contributed by atoms with Crippen LogP contribution in [0.1, 0.15) is 0 Å². The Morgan fingerprint density at radius 2 is 1.67 bits per heavy atom. The minimum absolute atomic E-state index is 0.0345. The molecule has 6 unspecified atom stereocenters. The van der Waals surface area contributed by atoms with Crippen molar-refractivity contribution in [1.29, 1.82) is 0 Å². The van der Waals surface area contributed by atoms with Gasteiger partial charge < -0.3 is 0 Å². The predicted molar refractivity (Wildman–Crippen MR) is 74.8 cm³/mol. The van der Waals surface area contributed by atoms with Crippen molar-refractivity contribution < 1.29 is 0 Å². The van der Waals surface area contributed by atoms with Crippen molar-refractivity contribution in [2.45, 2.75) is 0 Å². The largest absolute Gasteiger partial charge is 0.102 e. The van der Waals surface area contributed by atoms with Crippen LogP contribution in [0.15, 0.2) is 0 Å². The Balaban J connectivity index is 3.68. The van der Waals surface area contributed by atoms with Gasteiger partial charge in [-0.1, -0.05) is 25.8 Å². The fourth-order valence-corrected chi connectivity index (χ4v) is 54.2. The molecule has 0 aliphatic carbocycles. The molecular formula is H9P9. The highest BCUT2D eigenvalue weighted by Crippen LogP contribution is 3.04. The summed E-state index contributed by atoms with van der Waals surface area (Å²) in [7, 11) is 16.8. The van der Waals surface area contributed by atoms with Crippen molar-refractivity contribution in [3.05, 3.63) is 0 Å². The van der Waals surface area contributed by atoms with Gasteiger partial charge in [0.15, 0.2) is 0 Å². The van der Waals surface area contributed by atoms with Gasteiger partial charge in [-0.25, -0.2) is 0 Å². The van der Waals surface area contributed by atoms with E-state index >= 15 is 0 Å². The van der Waals surface area contributed by atoms with E-state index in [0.29, 0.717) is 0 Å². The Kier molecular flexibility index (Phi) is 10.4. The summed E-state index contributed by atoms with van der Waals surface area (Å²) in [5.41, 5.74) is 0. The van der Waals surface area contributed by atoms with Crippen molar-refractivity contribution in [2.24, 2.45) is 0 Å². The monoisotopic (exact) mass is 288 g/mol. The second kappa shape index (κ2) is 7.29. The predicted octanol–water partition coefficient (Wildman–Crippen LogP) is 5.34. The lowest BCUT2D eigenvalue weighted by Crippen LogP contribution is -1.31. The van der Waals surface area contributed by atoms with Crippen molar-refractivity contribution in [2.75, 3.05) is 0 Å². The van der Waals surface area contributed by atoms with Gasteiger partial charge in [-0.15, -0.1) is 26.8 Å². The molecule has 9 heavy (non-hydrogen) atoms. The molecule has 0 nitrogen and oxygen atoms in total. The first-order valence-corrected chi connectivity index (χ1v) is 16.8. The van der Waals surface area contributed by atoms with E-state index in [-0.39, 0.29) is 21.0 Å². The van der Waals surface area contributed by atoms with Crippen LogP contribution in [-0.4, -0.2) is 0 Å². The van der Waals surface area contributed by atoms with E-state index in [9.17, 15) is 0 Å². The van der Waals surface area contributed by atoms with Gasteiger partial charge in [0.25, 0.3) is 0 Å². The van der Waals surface area contributed by atoms with E-state index in [4.69, 9.17) is 0 Å². The van der Waals surface area contributed by atoms with Crippen LogP contribution in [0.25, 0.3) is 0 Å². The lowest BCUT2D eigenvalue weighted by atomic mass is 28.8. The fraction of sp³-hybridized carbons (Fsp3) is 0. The average Bonchev–Trinajstić information content (AvgIpc) is 1.64. The molecule has 0 aliphatic rings. The van der Waals surface area contributed by atoms with E-state index in [1.807, 2.05) is 0 Å². The topological polar surface area (TPSA) is 0 Å². The number of hydrogen-bond acceptors (Lipinski definition) is 0. The molecule has 0 aromatic rings. The highest BCUT2D eigenvalue weighted by Gasteiger charge is 2.14. The molecule has 0 aromatic heterocycles. The molecule has 0 amide bonds. The van der Waals surface area contributed by atoms with Gasteiger partial charge in [-0.2, -0.15) is 0 Å². The molecule has 0 spiro atoms. The Bertz CT molecular complexity index is 54.4. The molecule has 0 fully saturated rings. The molecule has 9 heteroatoms. The summed E-state index contributed by atoms with van der Waals surface area (Å²) in [5.74, 6) is 0. The minimum Gasteiger partial charge on any atom is -0.102 e. The third-order valence-electron chi connectivity index (χ3n) is 0.523. The second-order valence-corrected chi connectivity index (χ2v) is 30.4. The van der Waals surface area contributed by atoms with Crippen LogP contribution >= 0.6 is 73.6 Å². The molecular weight excluding hydrogens is 279 g/mol. The second-order valence-electron chi connectivity index (χ2n) is 1.13. The maximum atomic E-state index is 3.67. The fourth-order valence-electron chi connectivity index (χ4n) is 0.223. The summed E-state index contributed by atoms with van der Waals surface area (Å²) < 4.78 is 0. The van der Waals surface area contributed by atoms with Gasteiger partial charge in [0, 0.05) is 0 Å². The summed E-state index contributed by atoms with van der Waals surface area (Å²) in [6.07, 6.45) is 0. The molecule has 2 radical (unpaired) electrons. The molecule has 0 aromatic carbocycles. The van der Waals surface area contributed by atoms with Gasteiger partial charge in [-0.3, -0.25) is 0 Å². The van der Waals surface area contributed by atoms with Crippen molar-refractivity contribution >= 4 is 73.6 Å². The van der Waals surface area contributed by atoms with Crippen molar-refractivity contribution in [3.8, 4) is 0 Å². The summed E-state index contributed by atoms with van der Waals surface area (Å²) in [6.45, 7) is 0.349. The average molecular weight is 288 g/mol. The molecule has 0 aliphatic heterocycles. The Morgan fingerprint density at radius 3 is 1.67 bits per heavy atom. The smallest absolute Gasteiger partial charge is 0.0133 e. The van der Waals surface area contributed by atoms with Gasteiger partial charge in [0.1, 0.15) is 0 Å². The minimum atomic E-state index is 0.0345. The molecule has 0 heterocycles. The zero-order valence-electron chi connectivity index (χ0n) is 4.57. The van der Waals surface area contributed by atoms with Crippen LogP contribution < -0.4 is 0 Å². The summed E-state index contributed by atoms with van der Waals surface area (Å²) >= 11 is 0. The Labute approximate surface area is 73.6 Å². The molecule has 0 rings (SSSR count). The van der Waals surface area contributed by atoms with E-state index in [0.717, 1.165) is 7.96 Å². The van der Waals surface area contributed by atoms with E-state index < -0.39 is 0 Å². The number of rotatable bonds is 3. The lowest BCUT2D eigenvalue weighted by molar-refractivity contribution is 4.75. The van der Waals surface area contributed by atoms with Crippen LogP contribution in [-0.2, 0) is 0 Å². The summed E-state index contributed by atoms with van der Waals surface area (Å²) in [6, 6.07) is 0. The number of hydrogen-bond donors (Lipinski definition) is 0. The normalized spacial score (nSPS) is 13.3. The van der Waals surface area contributed by atoms with Crippen molar-refractivity contribution in [3.63, 3.8) is 0 Å². The van der Waals surface area contributed by atoms with Gasteiger partial charge in [-0.05, 0) is 21.0 Å². The summed E-state index contributed by atoms with van der Waals surface area (Å²) in [5, 5.41) is 0. The van der Waals surface area contributed by atoms with Crippen molar-refractivity contribution in [1.82, 2.24) is 0 Å². The maximum absolute atomic E-state index is 3.67. The third kappa shape index (κ3) is 6.01. The van der Waals surface area contributed by atoms with Gasteiger partial charge in [0.2, 0.25) is 0 Å². The zero-order chi connectivity index (χ0) is 7.44. The SMILES string of the molecule is [PH]PP(P([PH])P)P(P)P. The van der Waals surface area contributed by atoms with Crippen LogP contribution in [0.2, 0.25) is 0 Å². The first kappa shape index (κ1) is 12.9. The molecule has 0 N–H and O–H groups in total. The standard InChI is InChI=1S/H9P9/c1-6-9(7(2)3)8(4)5/h1-2,6H,3-5H2. The van der Waals surface area contributed by atoms with Gasteiger partial charge in [0.05, 0.1) is 0 Å². The molecule has 0 saturated carbocycles. The van der Waals surface area contributed by atoms with Crippen LogP contribution in [0.4, 0.5) is 0 Å². The van der Waals surface area contributed by atoms with E-state index in [1.165, 1.54) is 0 Å². The molecule has 0 bridgehead atoms. The molecule has 6 atom stereocenters. The first-order valence-electron chi connectivity index (χ1n) is 1.87. The zero-order valence-corrected chi connectivity index (χ0v) is 13.7. The van der Waals surface area contributed by atoms with E-state index in [2.05, 4.69) is 44.6 Å². The molecule has 0 saturated heterocycles. The van der Waals surface area contributed by atoms with Crippen LogP contribution in [0, 0.1) is 0 Å². The first-order chi connectivity index (χ1) is 4.09. The van der Waals surface area contributed by atoms with Crippen LogP contribution in [0.5, 0.6) is 0 Å². The molecule has 54 valence electrons. The van der Waals surface area contributed by atoms with Crippen LogP contribution in [0.3, 0.4) is 0 Å². The Hall–Kier alpha value is 3.87. The van der Waals surface area contributed by atoms with E-state index in [1.54, 1.807) is 0 Å². The third-order valence-corrected chi connectivity index (χ3v) is 42.4. The quantitative estimate of drug-likeness (QED) is 0.615. The Morgan fingerprint density at radius 1 is 1.22 bits per heavy atom. The highest BCUT2D eigenvalue weighted by atomic mass is 33.2. The summed E-state index contributed by atoms with van der Waals surface area (Å²) in [4.78, 5) is 0. The lowest BCUT2D eigenvalue weighted by Gasteiger charge is -2.21. The van der Waals surface area contributed by atoms with Gasteiger partial charge >= 0.3 is 0 Å². The highest BCUT2D eigenvalue weighted by molar-refractivity contribution is 9.10.